The summed E-state index contributed by atoms with van der Waals surface area (Å²) < 4.78 is 19.0. The van der Waals surface area contributed by atoms with E-state index < -0.39 is 41.7 Å². The summed E-state index contributed by atoms with van der Waals surface area (Å²) in [4.78, 5) is 46.6. The lowest BCUT2D eigenvalue weighted by Crippen LogP contribution is -2.37. The molecule has 0 spiro atoms. The molecule has 0 unspecified atom stereocenters. The Balaban J connectivity index is 1.32. The van der Waals surface area contributed by atoms with Crippen LogP contribution in [0.15, 0.2) is 109 Å². The standard InChI is InChI=1S/C30H21FN2O5/c31-21-13-15-22(16-14-21)32-28(34)25-26(33(38-27(25)29(32)35)23-9-5-2-6-10-23)19-11-17-24(18-12-19)37-30(36)20-7-3-1-4-8-20/h1-18,25-27H/t25-,26-,27-/m0/s1. The lowest BCUT2D eigenvalue weighted by Gasteiger charge is -2.28. The Kier molecular flexibility index (Phi) is 5.94. The van der Waals surface area contributed by atoms with Gasteiger partial charge in [0.15, 0.2) is 6.10 Å². The number of para-hydroxylation sites is 1. The molecule has 38 heavy (non-hydrogen) atoms. The molecule has 2 aliphatic rings. The molecule has 0 radical (unpaired) electrons. The minimum atomic E-state index is -1.05. The van der Waals surface area contributed by atoms with Crippen molar-refractivity contribution in [1.29, 1.82) is 0 Å². The summed E-state index contributed by atoms with van der Waals surface area (Å²) in [5.41, 5.74) is 2.09. The number of ether oxygens (including phenoxy) is 1. The first-order valence-corrected chi connectivity index (χ1v) is 12.0. The maximum Gasteiger partial charge on any atom is 0.343 e. The van der Waals surface area contributed by atoms with Gasteiger partial charge in [-0.05, 0) is 66.2 Å². The zero-order valence-corrected chi connectivity index (χ0v) is 19.9. The summed E-state index contributed by atoms with van der Waals surface area (Å²) in [5, 5.41) is 1.58. The molecule has 3 atom stereocenters. The van der Waals surface area contributed by atoms with Crippen LogP contribution >= 0.6 is 0 Å². The van der Waals surface area contributed by atoms with E-state index >= 15 is 0 Å². The smallest absolute Gasteiger partial charge is 0.343 e. The number of carbonyl (C=O) groups excluding carboxylic acids is 3. The summed E-state index contributed by atoms with van der Waals surface area (Å²) >= 11 is 0. The van der Waals surface area contributed by atoms with E-state index in [1.807, 2.05) is 36.4 Å². The largest absolute Gasteiger partial charge is 0.423 e. The fourth-order valence-corrected chi connectivity index (χ4v) is 4.87. The highest BCUT2D eigenvalue weighted by molar-refractivity contribution is 6.23. The molecule has 0 N–H and O–H groups in total. The Morgan fingerprint density at radius 2 is 1.37 bits per heavy atom. The Morgan fingerprint density at radius 1 is 0.737 bits per heavy atom. The van der Waals surface area contributed by atoms with Crippen molar-refractivity contribution in [3.8, 4) is 5.75 Å². The van der Waals surface area contributed by atoms with Crippen molar-refractivity contribution in [2.45, 2.75) is 12.1 Å². The fraction of sp³-hybridized carbons (Fsp3) is 0.100. The SMILES string of the molecule is O=C(Oc1ccc([C@H]2[C@@H]3C(=O)N(c4ccc(F)cc4)C(=O)[C@H]3ON2c2ccccc2)cc1)c1ccccc1. The van der Waals surface area contributed by atoms with E-state index in [4.69, 9.17) is 9.57 Å². The summed E-state index contributed by atoms with van der Waals surface area (Å²) in [5.74, 6) is -2.40. The average molecular weight is 509 g/mol. The molecule has 188 valence electrons. The number of rotatable bonds is 5. The van der Waals surface area contributed by atoms with E-state index in [-0.39, 0.29) is 5.69 Å². The first-order chi connectivity index (χ1) is 18.5. The molecule has 0 bridgehead atoms. The second-order valence-electron chi connectivity index (χ2n) is 8.97. The van der Waals surface area contributed by atoms with E-state index in [1.165, 1.54) is 24.3 Å². The normalized spacial score (nSPS) is 20.5. The molecular weight excluding hydrogens is 487 g/mol. The van der Waals surface area contributed by atoms with Gasteiger partial charge >= 0.3 is 5.97 Å². The summed E-state index contributed by atoms with van der Waals surface area (Å²) in [6.45, 7) is 0. The molecule has 8 heteroatoms. The van der Waals surface area contributed by atoms with E-state index in [0.717, 1.165) is 4.90 Å². The summed E-state index contributed by atoms with van der Waals surface area (Å²) in [6, 6.07) is 29.2. The highest BCUT2D eigenvalue weighted by Crippen LogP contribution is 2.47. The number of hydrogen-bond acceptors (Lipinski definition) is 6. The number of esters is 1. The van der Waals surface area contributed by atoms with Gasteiger partial charge in [-0.15, -0.1) is 0 Å². The minimum Gasteiger partial charge on any atom is -0.423 e. The van der Waals surface area contributed by atoms with Crippen LogP contribution in [-0.2, 0) is 14.4 Å². The Hall–Kier alpha value is -4.82. The highest BCUT2D eigenvalue weighted by Gasteiger charge is 2.60. The number of imide groups is 1. The number of hydrogen-bond donors (Lipinski definition) is 0. The van der Waals surface area contributed by atoms with Gasteiger partial charge in [-0.25, -0.2) is 19.1 Å². The number of halogens is 1. The maximum atomic E-state index is 13.6. The third-order valence-electron chi connectivity index (χ3n) is 6.65. The molecule has 2 amide bonds. The predicted molar refractivity (Wildman–Crippen MR) is 137 cm³/mol. The topological polar surface area (TPSA) is 76.2 Å². The first-order valence-electron chi connectivity index (χ1n) is 12.0. The van der Waals surface area contributed by atoms with Gasteiger partial charge in [-0.1, -0.05) is 48.5 Å². The van der Waals surface area contributed by atoms with Gasteiger partial charge in [0.2, 0.25) is 5.91 Å². The monoisotopic (exact) mass is 508 g/mol. The van der Waals surface area contributed by atoms with Crippen LogP contribution in [0, 0.1) is 11.7 Å². The van der Waals surface area contributed by atoms with Crippen LogP contribution in [0.1, 0.15) is 22.0 Å². The Bertz CT molecular complexity index is 1490. The van der Waals surface area contributed by atoms with E-state index in [2.05, 4.69) is 0 Å². The molecule has 0 aliphatic carbocycles. The molecule has 0 aromatic heterocycles. The fourth-order valence-electron chi connectivity index (χ4n) is 4.87. The number of fused-ring (bicyclic) bond motifs is 1. The van der Waals surface area contributed by atoms with Crippen molar-refractivity contribution in [2.75, 3.05) is 9.96 Å². The lowest BCUT2D eigenvalue weighted by molar-refractivity contribution is -0.126. The second-order valence-corrected chi connectivity index (χ2v) is 8.97. The third kappa shape index (κ3) is 4.10. The van der Waals surface area contributed by atoms with Crippen molar-refractivity contribution in [3.05, 3.63) is 126 Å². The van der Waals surface area contributed by atoms with Crippen molar-refractivity contribution < 1.29 is 28.3 Å². The van der Waals surface area contributed by atoms with Crippen LogP contribution in [0.5, 0.6) is 5.75 Å². The van der Waals surface area contributed by atoms with Crippen LogP contribution in [0.4, 0.5) is 15.8 Å². The van der Waals surface area contributed by atoms with E-state index in [9.17, 15) is 18.8 Å². The molecule has 7 nitrogen and oxygen atoms in total. The molecule has 2 heterocycles. The Morgan fingerprint density at radius 3 is 2.03 bits per heavy atom. The first kappa shape index (κ1) is 23.6. The summed E-state index contributed by atoms with van der Waals surface area (Å²) in [6.07, 6.45) is -1.05. The molecule has 4 aromatic carbocycles. The van der Waals surface area contributed by atoms with Gasteiger partial charge in [0.05, 0.1) is 23.0 Å². The minimum absolute atomic E-state index is 0.285. The molecule has 4 aromatic rings. The molecule has 0 saturated carbocycles. The van der Waals surface area contributed by atoms with Gasteiger partial charge in [-0.2, -0.15) is 0 Å². The van der Waals surface area contributed by atoms with Crippen molar-refractivity contribution in [1.82, 2.24) is 0 Å². The molecule has 2 fully saturated rings. The molecule has 2 aliphatic heterocycles. The number of amides is 2. The summed E-state index contributed by atoms with van der Waals surface area (Å²) in [7, 11) is 0. The van der Waals surface area contributed by atoms with Crippen LogP contribution in [-0.4, -0.2) is 23.9 Å². The third-order valence-corrected chi connectivity index (χ3v) is 6.65. The maximum absolute atomic E-state index is 13.6. The van der Waals surface area contributed by atoms with Gasteiger partial charge in [-0.3, -0.25) is 14.4 Å². The molecule has 6 rings (SSSR count). The number of nitrogens with zero attached hydrogens (tertiary/aromatic N) is 2. The lowest BCUT2D eigenvalue weighted by atomic mass is 9.90. The zero-order chi connectivity index (χ0) is 26.2. The van der Waals surface area contributed by atoms with E-state index in [1.54, 1.807) is 53.6 Å². The van der Waals surface area contributed by atoms with Crippen LogP contribution in [0.3, 0.4) is 0 Å². The zero-order valence-electron chi connectivity index (χ0n) is 19.9. The van der Waals surface area contributed by atoms with Gasteiger partial charge in [0.1, 0.15) is 17.5 Å². The van der Waals surface area contributed by atoms with Crippen LogP contribution < -0.4 is 14.7 Å². The quantitative estimate of drug-likeness (QED) is 0.212. The Labute approximate surface area is 217 Å². The van der Waals surface area contributed by atoms with Gasteiger partial charge in [0.25, 0.3) is 5.91 Å². The van der Waals surface area contributed by atoms with Crippen molar-refractivity contribution in [3.63, 3.8) is 0 Å². The number of benzene rings is 4. The highest BCUT2D eigenvalue weighted by atomic mass is 19.1. The number of carbonyl (C=O) groups is 3. The van der Waals surface area contributed by atoms with Gasteiger partial charge < -0.3 is 4.74 Å². The molecular formula is C30H21FN2O5. The van der Waals surface area contributed by atoms with Crippen LogP contribution in [0.25, 0.3) is 0 Å². The number of anilines is 2. The van der Waals surface area contributed by atoms with Crippen LogP contribution in [0.2, 0.25) is 0 Å². The predicted octanol–water partition coefficient (Wildman–Crippen LogP) is 5.10. The van der Waals surface area contributed by atoms with Gasteiger partial charge in [0, 0.05) is 0 Å². The van der Waals surface area contributed by atoms with Crippen molar-refractivity contribution >= 4 is 29.2 Å². The number of hydroxylamine groups is 1. The second kappa shape index (κ2) is 9.57. The van der Waals surface area contributed by atoms with Crippen molar-refractivity contribution in [2.24, 2.45) is 5.92 Å². The average Bonchev–Trinajstić information content (AvgIpc) is 3.46. The molecule has 2 saturated heterocycles. The van der Waals surface area contributed by atoms with E-state index in [0.29, 0.717) is 22.6 Å².